The molecule has 3 N–H and O–H groups in total. The van der Waals surface area contributed by atoms with Crippen LogP contribution in [0, 0.1) is 6.92 Å². The van der Waals surface area contributed by atoms with Crippen molar-refractivity contribution in [2.75, 3.05) is 0 Å². The molecule has 20 heavy (non-hydrogen) atoms. The van der Waals surface area contributed by atoms with Crippen LogP contribution in [0.2, 0.25) is 0 Å². The molecule has 0 amide bonds. The van der Waals surface area contributed by atoms with Gasteiger partial charge in [-0.05, 0) is 38.0 Å². The van der Waals surface area contributed by atoms with Crippen molar-refractivity contribution in [1.29, 1.82) is 0 Å². The lowest BCUT2D eigenvalue weighted by Gasteiger charge is -2.20. The minimum atomic E-state index is 0.00852. The number of nitrogens with one attached hydrogen (secondary N) is 1. The minimum Gasteiger partial charge on any atom is -0.271 e. The fourth-order valence-electron chi connectivity index (χ4n) is 2.29. The molecule has 2 rings (SSSR count). The largest absolute Gasteiger partial charge is 0.271 e. The summed E-state index contributed by atoms with van der Waals surface area (Å²) in [6, 6.07) is 6.43. The standard InChI is InChI=1S/C14H20BrN5/c1-9(2)20-14(17-8-18-20)7-13(19-16)11-5-4-6-12(15)10(11)3/h4-6,8-9,13,19H,7,16H2,1-3H3. The first-order valence-corrected chi connectivity index (χ1v) is 7.43. The Hall–Kier alpha value is -1.24. The number of halogens is 1. The molecule has 0 aliphatic carbocycles. The molecule has 0 radical (unpaired) electrons. The number of benzene rings is 1. The van der Waals surface area contributed by atoms with Gasteiger partial charge in [0.25, 0.3) is 0 Å². The zero-order chi connectivity index (χ0) is 14.7. The minimum absolute atomic E-state index is 0.00852. The fourth-order valence-corrected chi connectivity index (χ4v) is 2.68. The maximum absolute atomic E-state index is 5.74. The molecule has 0 aliphatic heterocycles. The average molecular weight is 338 g/mol. The Labute approximate surface area is 127 Å². The Morgan fingerprint density at radius 1 is 1.40 bits per heavy atom. The molecule has 6 heteroatoms. The lowest BCUT2D eigenvalue weighted by Crippen LogP contribution is -2.31. The molecule has 0 spiro atoms. The van der Waals surface area contributed by atoms with E-state index in [-0.39, 0.29) is 12.1 Å². The van der Waals surface area contributed by atoms with E-state index in [1.165, 1.54) is 11.1 Å². The second-order valence-electron chi connectivity index (χ2n) is 5.09. The van der Waals surface area contributed by atoms with Gasteiger partial charge < -0.3 is 0 Å². The van der Waals surface area contributed by atoms with Crippen LogP contribution in [0.25, 0.3) is 0 Å². The monoisotopic (exact) mass is 337 g/mol. The zero-order valence-electron chi connectivity index (χ0n) is 12.0. The van der Waals surface area contributed by atoms with E-state index in [1.54, 1.807) is 6.33 Å². The summed E-state index contributed by atoms with van der Waals surface area (Å²) in [6.07, 6.45) is 2.29. The summed E-state index contributed by atoms with van der Waals surface area (Å²) in [6.45, 7) is 6.26. The molecular formula is C14H20BrN5. The first kappa shape index (κ1) is 15.2. The van der Waals surface area contributed by atoms with Crippen LogP contribution in [0.15, 0.2) is 29.0 Å². The van der Waals surface area contributed by atoms with E-state index in [0.29, 0.717) is 6.42 Å². The molecule has 1 aromatic heterocycles. The van der Waals surface area contributed by atoms with Gasteiger partial charge in [0, 0.05) is 16.9 Å². The van der Waals surface area contributed by atoms with E-state index in [0.717, 1.165) is 10.3 Å². The number of hydrazine groups is 1. The third kappa shape index (κ3) is 3.08. The molecular weight excluding hydrogens is 318 g/mol. The van der Waals surface area contributed by atoms with E-state index >= 15 is 0 Å². The zero-order valence-corrected chi connectivity index (χ0v) is 13.6. The SMILES string of the molecule is Cc1c(Br)cccc1C(Cc1ncnn1C(C)C)NN. The van der Waals surface area contributed by atoms with Gasteiger partial charge in [0.05, 0.1) is 6.04 Å². The molecule has 1 heterocycles. The molecule has 2 aromatic rings. The van der Waals surface area contributed by atoms with E-state index in [2.05, 4.69) is 58.3 Å². The Morgan fingerprint density at radius 2 is 2.15 bits per heavy atom. The van der Waals surface area contributed by atoms with Gasteiger partial charge in [-0.25, -0.2) is 9.67 Å². The van der Waals surface area contributed by atoms with E-state index < -0.39 is 0 Å². The van der Waals surface area contributed by atoms with Crippen molar-refractivity contribution in [1.82, 2.24) is 20.2 Å². The number of hydrogen-bond acceptors (Lipinski definition) is 4. The molecule has 0 bridgehead atoms. The van der Waals surface area contributed by atoms with Crippen molar-refractivity contribution in [3.8, 4) is 0 Å². The van der Waals surface area contributed by atoms with Crippen LogP contribution >= 0.6 is 15.9 Å². The van der Waals surface area contributed by atoms with Crippen LogP contribution in [0.5, 0.6) is 0 Å². The van der Waals surface area contributed by atoms with Crippen LogP contribution in [0.1, 0.15) is 42.9 Å². The number of nitrogens with two attached hydrogens (primary N) is 1. The summed E-state index contributed by atoms with van der Waals surface area (Å²) in [7, 11) is 0. The van der Waals surface area contributed by atoms with Gasteiger partial charge in [0.1, 0.15) is 12.2 Å². The van der Waals surface area contributed by atoms with Crippen molar-refractivity contribution < 1.29 is 0 Å². The maximum atomic E-state index is 5.74. The predicted molar refractivity (Wildman–Crippen MR) is 83.1 cm³/mol. The van der Waals surface area contributed by atoms with Crippen molar-refractivity contribution in [2.45, 2.75) is 39.3 Å². The fraction of sp³-hybridized carbons (Fsp3) is 0.429. The van der Waals surface area contributed by atoms with E-state index in [4.69, 9.17) is 5.84 Å². The highest BCUT2D eigenvalue weighted by atomic mass is 79.9. The lowest BCUT2D eigenvalue weighted by molar-refractivity contribution is 0.467. The van der Waals surface area contributed by atoms with Gasteiger partial charge in [-0.1, -0.05) is 28.1 Å². The highest BCUT2D eigenvalue weighted by molar-refractivity contribution is 9.10. The second-order valence-corrected chi connectivity index (χ2v) is 5.95. The Morgan fingerprint density at radius 3 is 2.80 bits per heavy atom. The Balaban J connectivity index is 2.29. The summed E-state index contributed by atoms with van der Waals surface area (Å²) in [4.78, 5) is 4.35. The van der Waals surface area contributed by atoms with Crippen LogP contribution in [0.3, 0.4) is 0 Å². The van der Waals surface area contributed by atoms with Crippen LogP contribution in [-0.2, 0) is 6.42 Å². The molecule has 108 valence electrons. The maximum Gasteiger partial charge on any atom is 0.138 e. The third-order valence-electron chi connectivity index (χ3n) is 3.41. The molecule has 5 nitrogen and oxygen atoms in total. The van der Waals surface area contributed by atoms with Gasteiger partial charge in [-0.2, -0.15) is 5.10 Å². The molecule has 0 fully saturated rings. The highest BCUT2D eigenvalue weighted by Crippen LogP contribution is 2.26. The molecule has 0 aliphatic rings. The van der Waals surface area contributed by atoms with Gasteiger partial charge >= 0.3 is 0 Å². The van der Waals surface area contributed by atoms with E-state index in [1.807, 2.05) is 16.8 Å². The molecule has 0 saturated carbocycles. The first-order valence-electron chi connectivity index (χ1n) is 6.64. The van der Waals surface area contributed by atoms with Crippen molar-refractivity contribution >= 4 is 15.9 Å². The first-order chi connectivity index (χ1) is 9.54. The number of rotatable bonds is 5. The third-order valence-corrected chi connectivity index (χ3v) is 4.27. The number of nitrogens with zero attached hydrogens (tertiary/aromatic N) is 3. The van der Waals surface area contributed by atoms with Gasteiger partial charge in [0.15, 0.2) is 0 Å². The molecule has 1 unspecified atom stereocenters. The van der Waals surface area contributed by atoms with Gasteiger partial charge in [0.2, 0.25) is 0 Å². The van der Waals surface area contributed by atoms with Gasteiger partial charge in [-0.3, -0.25) is 11.3 Å². The Bertz CT molecular complexity index is 579. The van der Waals surface area contributed by atoms with Crippen LogP contribution < -0.4 is 11.3 Å². The smallest absolute Gasteiger partial charge is 0.138 e. The van der Waals surface area contributed by atoms with Crippen molar-refractivity contribution in [2.24, 2.45) is 5.84 Å². The van der Waals surface area contributed by atoms with Crippen molar-refractivity contribution in [3.05, 3.63) is 46.0 Å². The number of hydrogen-bond donors (Lipinski definition) is 2. The van der Waals surface area contributed by atoms with Gasteiger partial charge in [-0.15, -0.1) is 0 Å². The summed E-state index contributed by atoms with van der Waals surface area (Å²) in [5.74, 6) is 6.68. The molecule has 1 atom stereocenters. The summed E-state index contributed by atoms with van der Waals surface area (Å²) >= 11 is 3.56. The predicted octanol–water partition coefficient (Wildman–Crippen LogP) is 2.68. The average Bonchev–Trinajstić information content (AvgIpc) is 2.88. The lowest BCUT2D eigenvalue weighted by atomic mass is 9.99. The second kappa shape index (κ2) is 6.47. The topological polar surface area (TPSA) is 68.8 Å². The Kier molecular flexibility index (Phi) is 4.91. The normalized spacial score (nSPS) is 12.9. The summed E-state index contributed by atoms with van der Waals surface area (Å²) in [5.41, 5.74) is 5.24. The highest BCUT2D eigenvalue weighted by Gasteiger charge is 2.18. The van der Waals surface area contributed by atoms with Crippen molar-refractivity contribution in [3.63, 3.8) is 0 Å². The molecule has 0 saturated heterocycles. The van der Waals surface area contributed by atoms with Crippen LogP contribution in [0.4, 0.5) is 0 Å². The molecule has 1 aromatic carbocycles. The van der Waals surface area contributed by atoms with E-state index in [9.17, 15) is 0 Å². The summed E-state index contributed by atoms with van der Waals surface area (Å²) < 4.78 is 3.01. The quantitative estimate of drug-likeness (QED) is 0.650. The number of aromatic nitrogens is 3. The van der Waals surface area contributed by atoms with Crippen LogP contribution in [-0.4, -0.2) is 14.8 Å². The summed E-state index contributed by atoms with van der Waals surface area (Å²) in [5, 5.41) is 4.26.